The maximum atomic E-state index is 9.47. The van der Waals surface area contributed by atoms with E-state index in [-0.39, 0.29) is 18.2 Å². The second kappa shape index (κ2) is 6.77. The highest BCUT2D eigenvalue weighted by molar-refractivity contribution is 5.85. The fourth-order valence-corrected chi connectivity index (χ4v) is 1.59. The van der Waals surface area contributed by atoms with Gasteiger partial charge in [0.15, 0.2) is 11.5 Å². The molecule has 2 N–H and O–H groups in total. The molecular weight excluding hydrogens is 250 g/mol. The van der Waals surface area contributed by atoms with Crippen LogP contribution in [0, 0.1) is 0 Å². The predicted molar refractivity (Wildman–Crippen MR) is 75.7 cm³/mol. The van der Waals surface area contributed by atoms with E-state index in [0.717, 1.165) is 11.3 Å². The monoisotopic (exact) mass is 265 g/mol. The van der Waals surface area contributed by atoms with Crippen LogP contribution in [0.3, 0.4) is 0 Å². The first-order valence-electron chi connectivity index (χ1n) is 5.44. The van der Waals surface area contributed by atoms with Gasteiger partial charge in [-0.05, 0) is 29.8 Å². The molecule has 2 rings (SSSR count). The first-order chi connectivity index (χ1) is 8.29. The molecule has 0 spiro atoms. The molecule has 2 aromatic rings. The van der Waals surface area contributed by atoms with Crippen LogP contribution in [-0.4, -0.2) is 12.2 Å². The summed E-state index contributed by atoms with van der Waals surface area (Å²) in [5.74, 6) is 0.660. The number of ether oxygens (including phenoxy) is 1. The Labute approximate surface area is 113 Å². The Balaban J connectivity index is 0.00000162. The van der Waals surface area contributed by atoms with E-state index in [1.807, 2.05) is 42.5 Å². The fraction of sp³-hybridized carbons (Fsp3) is 0.143. The van der Waals surface area contributed by atoms with Crippen LogP contribution < -0.4 is 10.1 Å². The topological polar surface area (TPSA) is 41.5 Å². The minimum Gasteiger partial charge on any atom is -0.504 e. The quantitative estimate of drug-likeness (QED) is 0.890. The molecule has 0 radical (unpaired) electrons. The Morgan fingerprint density at radius 2 is 1.83 bits per heavy atom. The molecule has 2 aromatic carbocycles. The number of aromatic hydroxyl groups is 1. The van der Waals surface area contributed by atoms with E-state index < -0.39 is 0 Å². The van der Waals surface area contributed by atoms with Gasteiger partial charge >= 0.3 is 0 Å². The molecule has 0 aliphatic rings. The third-order valence-corrected chi connectivity index (χ3v) is 2.51. The van der Waals surface area contributed by atoms with E-state index in [1.54, 1.807) is 13.2 Å². The van der Waals surface area contributed by atoms with Crippen LogP contribution in [0.4, 0.5) is 5.69 Å². The molecule has 0 aliphatic carbocycles. The number of phenols is 1. The van der Waals surface area contributed by atoms with Crippen molar-refractivity contribution in [2.45, 2.75) is 6.54 Å². The molecule has 3 nitrogen and oxygen atoms in total. The van der Waals surface area contributed by atoms with Gasteiger partial charge in [-0.1, -0.05) is 24.3 Å². The minimum absolute atomic E-state index is 0. The van der Waals surface area contributed by atoms with Crippen molar-refractivity contribution in [1.82, 2.24) is 0 Å². The summed E-state index contributed by atoms with van der Waals surface area (Å²) >= 11 is 0. The van der Waals surface area contributed by atoms with Crippen molar-refractivity contribution in [2.75, 3.05) is 12.4 Å². The first kappa shape index (κ1) is 14.2. The zero-order valence-corrected chi connectivity index (χ0v) is 10.9. The lowest BCUT2D eigenvalue weighted by Gasteiger charge is -2.08. The number of halogens is 1. The van der Waals surface area contributed by atoms with E-state index >= 15 is 0 Å². The van der Waals surface area contributed by atoms with Gasteiger partial charge in [-0.25, -0.2) is 0 Å². The summed E-state index contributed by atoms with van der Waals surface area (Å²) in [6, 6.07) is 15.3. The summed E-state index contributed by atoms with van der Waals surface area (Å²) in [4.78, 5) is 0. The van der Waals surface area contributed by atoms with Crippen LogP contribution >= 0.6 is 12.4 Å². The standard InChI is InChI=1S/C14H15NO2.ClH/c1-17-14-9-11(7-8-13(14)16)10-15-12-5-3-2-4-6-12;/h2-9,15-16H,10H2,1H3;1H. The number of methoxy groups -OCH3 is 1. The zero-order chi connectivity index (χ0) is 12.1. The first-order valence-corrected chi connectivity index (χ1v) is 5.44. The summed E-state index contributed by atoms with van der Waals surface area (Å²) in [6.07, 6.45) is 0. The number of para-hydroxylation sites is 1. The highest BCUT2D eigenvalue weighted by Gasteiger charge is 2.02. The maximum Gasteiger partial charge on any atom is 0.160 e. The lowest BCUT2D eigenvalue weighted by molar-refractivity contribution is 0.373. The molecule has 0 heterocycles. The summed E-state index contributed by atoms with van der Waals surface area (Å²) in [5.41, 5.74) is 2.13. The number of hydrogen-bond donors (Lipinski definition) is 2. The minimum atomic E-state index is 0. The molecule has 0 unspecified atom stereocenters. The van der Waals surface area contributed by atoms with Crippen molar-refractivity contribution in [3.05, 3.63) is 54.1 Å². The Hall–Kier alpha value is -1.87. The highest BCUT2D eigenvalue weighted by Crippen LogP contribution is 2.26. The molecule has 18 heavy (non-hydrogen) atoms. The molecule has 0 saturated heterocycles. The lowest BCUT2D eigenvalue weighted by Crippen LogP contribution is -1.99. The average Bonchev–Trinajstić information content (AvgIpc) is 2.39. The molecule has 0 amide bonds. The van der Waals surface area contributed by atoms with Crippen molar-refractivity contribution in [3.63, 3.8) is 0 Å². The number of phenolic OH excluding ortho intramolecular Hbond substituents is 1. The van der Waals surface area contributed by atoms with E-state index in [1.165, 1.54) is 0 Å². The number of anilines is 1. The summed E-state index contributed by atoms with van der Waals surface area (Å²) in [6.45, 7) is 0.695. The summed E-state index contributed by atoms with van der Waals surface area (Å²) < 4.78 is 5.06. The van der Waals surface area contributed by atoms with Gasteiger partial charge in [0.1, 0.15) is 0 Å². The molecule has 0 aliphatic heterocycles. The molecule has 0 atom stereocenters. The predicted octanol–water partition coefficient (Wildman–Crippen LogP) is 3.43. The molecule has 96 valence electrons. The van der Waals surface area contributed by atoms with Crippen molar-refractivity contribution in [2.24, 2.45) is 0 Å². The smallest absolute Gasteiger partial charge is 0.160 e. The van der Waals surface area contributed by atoms with Crippen LogP contribution in [-0.2, 0) is 6.54 Å². The van der Waals surface area contributed by atoms with Crippen LogP contribution in [0.15, 0.2) is 48.5 Å². The molecule has 0 fully saturated rings. The van der Waals surface area contributed by atoms with Crippen molar-refractivity contribution >= 4 is 18.1 Å². The van der Waals surface area contributed by atoms with Crippen LogP contribution in [0.5, 0.6) is 11.5 Å². The van der Waals surface area contributed by atoms with Crippen LogP contribution in [0.2, 0.25) is 0 Å². The number of hydrogen-bond acceptors (Lipinski definition) is 3. The maximum absolute atomic E-state index is 9.47. The average molecular weight is 266 g/mol. The number of benzene rings is 2. The van der Waals surface area contributed by atoms with E-state index in [2.05, 4.69) is 5.32 Å². The fourth-order valence-electron chi connectivity index (χ4n) is 1.59. The Morgan fingerprint density at radius 3 is 2.50 bits per heavy atom. The molecule has 4 heteroatoms. The molecule has 0 aromatic heterocycles. The second-order valence-electron chi connectivity index (χ2n) is 3.73. The Kier molecular flexibility index (Phi) is 5.33. The molecular formula is C14H16ClNO2. The summed E-state index contributed by atoms with van der Waals surface area (Å²) in [5, 5.41) is 12.8. The second-order valence-corrected chi connectivity index (χ2v) is 3.73. The van der Waals surface area contributed by atoms with Gasteiger partial charge < -0.3 is 15.2 Å². The number of rotatable bonds is 4. The Morgan fingerprint density at radius 1 is 1.11 bits per heavy atom. The summed E-state index contributed by atoms with van der Waals surface area (Å²) in [7, 11) is 1.55. The normalized spacial score (nSPS) is 9.39. The SMILES string of the molecule is COc1cc(CNc2ccccc2)ccc1O.Cl. The van der Waals surface area contributed by atoms with Gasteiger partial charge in [0.2, 0.25) is 0 Å². The van der Waals surface area contributed by atoms with Gasteiger partial charge in [0.05, 0.1) is 7.11 Å². The molecule has 0 bridgehead atoms. The van der Waals surface area contributed by atoms with Crippen LogP contribution in [0.25, 0.3) is 0 Å². The third-order valence-electron chi connectivity index (χ3n) is 2.51. The van der Waals surface area contributed by atoms with E-state index in [0.29, 0.717) is 12.3 Å². The van der Waals surface area contributed by atoms with Crippen LogP contribution in [0.1, 0.15) is 5.56 Å². The third kappa shape index (κ3) is 3.57. The van der Waals surface area contributed by atoms with Crippen molar-refractivity contribution in [1.29, 1.82) is 0 Å². The lowest BCUT2D eigenvalue weighted by atomic mass is 10.2. The zero-order valence-electron chi connectivity index (χ0n) is 10.1. The van der Waals surface area contributed by atoms with Gasteiger partial charge in [0, 0.05) is 12.2 Å². The largest absolute Gasteiger partial charge is 0.504 e. The molecule has 0 saturated carbocycles. The van der Waals surface area contributed by atoms with Crippen molar-refractivity contribution in [3.8, 4) is 11.5 Å². The van der Waals surface area contributed by atoms with Crippen molar-refractivity contribution < 1.29 is 9.84 Å². The van der Waals surface area contributed by atoms with E-state index in [4.69, 9.17) is 4.74 Å². The van der Waals surface area contributed by atoms with Gasteiger partial charge in [-0.2, -0.15) is 0 Å². The Bertz CT molecular complexity index is 488. The number of nitrogens with one attached hydrogen (secondary N) is 1. The van der Waals surface area contributed by atoms with Gasteiger partial charge in [-0.15, -0.1) is 12.4 Å². The van der Waals surface area contributed by atoms with E-state index in [9.17, 15) is 5.11 Å². The highest BCUT2D eigenvalue weighted by atomic mass is 35.5. The van der Waals surface area contributed by atoms with Gasteiger partial charge in [-0.3, -0.25) is 0 Å². The van der Waals surface area contributed by atoms with Gasteiger partial charge in [0.25, 0.3) is 0 Å².